The van der Waals surface area contributed by atoms with Gasteiger partial charge in [-0.2, -0.15) is 0 Å². The Morgan fingerprint density at radius 3 is 2.00 bits per heavy atom. The highest BCUT2D eigenvalue weighted by Crippen LogP contribution is 2.37. The Morgan fingerprint density at radius 1 is 1.11 bits per heavy atom. The van der Waals surface area contributed by atoms with Crippen molar-refractivity contribution in [3.05, 3.63) is 23.8 Å². The van der Waals surface area contributed by atoms with Gasteiger partial charge in [-0.25, -0.2) is 0 Å². The molecule has 1 saturated heterocycles. The van der Waals surface area contributed by atoms with Gasteiger partial charge in [-0.15, -0.1) is 0 Å². The zero-order chi connectivity index (χ0) is 14.0. The van der Waals surface area contributed by atoms with E-state index in [1.165, 1.54) is 0 Å². The van der Waals surface area contributed by atoms with Crippen molar-refractivity contribution in [2.75, 3.05) is 27.3 Å². The first-order valence-corrected chi connectivity index (χ1v) is 6.39. The summed E-state index contributed by atoms with van der Waals surface area (Å²) in [5.41, 5.74) is 0.550. The maximum atomic E-state index is 9.92. The van der Waals surface area contributed by atoms with Crippen LogP contribution in [0.1, 0.15) is 18.5 Å². The molecule has 0 radical (unpaired) electrons. The molecule has 0 aromatic heterocycles. The Labute approximate surface area is 113 Å². The SMILES string of the molecule is COC1CN(C(C)c2c(O)cccc2O)CC1OC. The molecule has 0 aliphatic carbocycles. The molecular formula is C14H21NO4. The van der Waals surface area contributed by atoms with Gasteiger partial charge in [-0.3, -0.25) is 4.90 Å². The number of phenols is 2. The Kier molecular flexibility index (Phi) is 4.29. The zero-order valence-electron chi connectivity index (χ0n) is 11.5. The quantitative estimate of drug-likeness (QED) is 0.865. The van der Waals surface area contributed by atoms with Crippen molar-refractivity contribution in [3.63, 3.8) is 0 Å². The summed E-state index contributed by atoms with van der Waals surface area (Å²) >= 11 is 0. The Bertz CT molecular complexity index is 405. The number of benzene rings is 1. The first-order valence-electron chi connectivity index (χ1n) is 6.39. The van der Waals surface area contributed by atoms with Crippen molar-refractivity contribution in [3.8, 4) is 11.5 Å². The molecule has 2 rings (SSSR count). The molecule has 19 heavy (non-hydrogen) atoms. The third-order valence-corrected chi connectivity index (χ3v) is 3.87. The second-order valence-corrected chi connectivity index (χ2v) is 4.89. The number of methoxy groups -OCH3 is 2. The molecular weight excluding hydrogens is 246 g/mol. The number of likely N-dealkylation sites (tertiary alicyclic amines) is 1. The van der Waals surface area contributed by atoms with E-state index in [9.17, 15) is 10.2 Å². The van der Waals surface area contributed by atoms with Gasteiger partial charge in [-0.05, 0) is 19.1 Å². The van der Waals surface area contributed by atoms with Crippen LogP contribution in [0.25, 0.3) is 0 Å². The fourth-order valence-electron chi connectivity index (χ4n) is 2.69. The summed E-state index contributed by atoms with van der Waals surface area (Å²) in [7, 11) is 3.34. The van der Waals surface area contributed by atoms with Crippen molar-refractivity contribution in [2.24, 2.45) is 0 Å². The second kappa shape index (κ2) is 5.77. The van der Waals surface area contributed by atoms with Crippen molar-refractivity contribution in [1.82, 2.24) is 4.90 Å². The van der Waals surface area contributed by atoms with Gasteiger partial charge in [0.2, 0.25) is 0 Å². The Morgan fingerprint density at radius 2 is 1.58 bits per heavy atom. The number of hydrogen-bond acceptors (Lipinski definition) is 5. The highest BCUT2D eigenvalue weighted by Gasteiger charge is 2.36. The van der Waals surface area contributed by atoms with E-state index in [1.54, 1.807) is 32.4 Å². The van der Waals surface area contributed by atoms with Crippen LogP contribution >= 0.6 is 0 Å². The van der Waals surface area contributed by atoms with E-state index in [4.69, 9.17) is 9.47 Å². The molecule has 1 aromatic carbocycles. The summed E-state index contributed by atoms with van der Waals surface area (Å²) in [6, 6.07) is 4.70. The molecule has 0 spiro atoms. The standard InChI is InChI=1S/C14H21NO4/c1-9(14-10(16)5-4-6-11(14)17)15-7-12(18-2)13(8-15)19-3/h4-6,9,12-13,16-17H,7-8H2,1-3H3. The van der Waals surface area contributed by atoms with Crippen molar-refractivity contribution >= 4 is 0 Å². The van der Waals surface area contributed by atoms with Crippen LogP contribution in [0.3, 0.4) is 0 Å². The van der Waals surface area contributed by atoms with Crippen molar-refractivity contribution < 1.29 is 19.7 Å². The second-order valence-electron chi connectivity index (χ2n) is 4.89. The number of nitrogens with zero attached hydrogens (tertiary/aromatic N) is 1. The summed E-state index contributed by atoms with van der Waals surface area (Å²) in [5, 5.41) is 19.8. The third-order valence-electron chi connectivity index (χ3n) is 3.87. The van der Waals surface area contributed by atoms with Crippen LogP contribution in [0.4, 0.5) is 0 Å². The van der Waals surface area contributed by atoms with Crippen molar-refractivity contribution in [1.29, 1.82) is 0 Å². The van der Waals surface area contributed by atoms with E-state index in [2.05, 4.69) is 4.90 Å². The lowest BCUT2D eigenvalue weighted by atomic mass is 10.0. The van der Waals surface area contributed by atoms with Crippen LogP contribution in [0, 0.1) is 0 Å². The third kappa shape index (κ3) is 2.68. The summed E-state index contributed by atoms with van der Waals surface area (Å²) < 4.78 is 10.8. The molecule has 1 aromatic rings. The minimum atomic E-state index is -0.0981. The van der Waals surface area contributed by atoms with Gasteiger partial charge in [0.25, 0.3) is 0 Å². The number of aromatic hydroxyl groups is 2. The van der Waals surface area contributed by atoms with E-state index in [1.807, 2.05) is 6.92 Å². The molecule has 3 atom stereocenters. The fraction of sp³-hybridized carbons (Fsp3) is 0.571. The van der Waals surface area contributed by atoms with E-state index in [0.717, 1.165) is 0 Å². The Balaban J connectivity index is 2.19. The maximum Gasteiger partial charge on any atom is 0.124 e. The zero-order valence-corrected chi connectivity index (χ0v) is 11.5. The van der Waals surface area contributed by atoms with Gasteiger partial charge in [-0.1, -0.05) is 6.07 Å². The van der Waals surface area contributed by atoms with E-state index in [-0.39, 0.29) is 29.7 Å². The summed E-state index contributed by atoms with van der Waals surface area (Å²) in [6.45, 7) is 3.38. The molecule has 1 fully saturated rings. The lowest BCUT2D eigenvalue weighted by molar-refractivity contribution is -0.00461. The minimum Gasteiger partial charge on any atom is -0.507 e. The van der Waals surface area contributed by atoms with Crippen LogP contribution in [-0.4, -0.2) is 54.6 Å². The normalized spacial score (nSPS) is 25.6. The smallest absolute Gasteiger partial charge is 0.124 e. The average Bonchev–Trinajstić information content (AvgIpc) is 2.81. The highest BCUT2D eigenvalue weighted by atomic mass is 16.5. The summed E-state index contributed by atoms with van der Waals surface area (Å²) in [4.78, 5) is 2.14. The summed E-state index contributed by atoms with van der Waals surface area (Å²) in [5.74, 6) is 0.227. The number of rotatable bonds is 4. The van der Waals surface area contributed by atoms with Crippen LogP contribution in [0.2, 0.25) is 0 Å². The molecule has 106 valence electrons. The van der Waals surface area contributed by atoms with Crippen LogP contribution in [0.15, 0.2) is 18.2 Å². The molecule has 1 heterocycles. The van der Waals surface area contributed by atoms with E-state index < -0.39 is 0 Å². The van der Waals surface area contributed by atoms with Crippen molar-refractivity contribution in [2.45, 2.75) is 25.2 Å². The Hall–Kier alpha value is -1.30. The van der Waals surface area contributed by atoms with Gasteiger partial charge in [0, 0.05) is 33.4 Å². The number of phenolic OH excluding ortho intramolecular Hbond substituents is 2. The van der Waals surface area contributed by atoms with Crippen LogP contribution in [-0.2, 0) is 9.47 Å². The molecule has 5 nitrogen and oxygen atoms in total. The largest absolute Gasteiger partial charge is 0.507 e. The summed E-state index contributed by atoms with van der Waals surface area (Å²) in [6.07, 6.45) is 0.0286. The number of hydrogen-bond donors (Lipinski definition) is 2. The monoisotopic (exact) mass is 267 g/mol. The predicted octanol–water partition coefficient (Wildman–Crippen LogP) is 1.50. The maximum absolute atomic E-state index is 9.92. The molecule has 5 heteroatoms. The lowest BCUT2D eigenvalue weighted by Gasteiger charge is -2.25. The van der Waals surface area contributed by atoms with E-state index >= 15 is 0 Å². The molecule has 0 saturated carbocycles. The van der Waals surface area contributed by atoms with Crippen LogP contribution < -0.4 is 0 Å². The highest BCUT2D eigenvalue weighted by molar-refractivity contribution is 5.45. The van der Waals surface area contributed by atoms with Crippen LogP contribution in [0.5, 0.6) is 11.5 Å². The fourth-order valence-corrected chi connectivity index (χ4v) is 2.69. The first kappa shape index (κ1) is 14.1. The molecule has 1 aliphatic rings. The lowest BCUT2D eigenvalue weighted by Crippen LogP contribution is -2.27. The van der Waals surface area contributed by atoms with Gasteiger partial charge in [0.1, 0.15) is 11.5 Å². The molecule has 2 N–H and O–H groups in total. The van der Waals surface area contributed by atoms with Gasteiger partial charge in [0.15, 0.2) is 0 Å². The number of ether oxygens (including phenoxy) is 2. The molecule has 1 aliphatic heterocycles. The van der Waals surface area contributed by atoms with Gasteiger partial charge >= 0.3 is 0 Å². The molecule has 3 unspecified atom stereocenters. The van der Waals surface area contributed by atoms with E-state index in [0.29, 0.717) is 18.7 Å². The minimum absolute atomic E-state index is 0.0143. The van der Waals surface area contributed by atoms with Gasteiger partial charge in [0.05, 0.1) is 17.8 Å². The average molecular weight is 267 g/mol. The molecule has 0 bridgehead atoms. The van der Waals surface area contributed by atoms with Gasteiger partial charge < -0.3 is 19.7 Å². The molecule has 0 amide bonds. The predicted molar refractivity (Wildman–Crippen MR) is 71.4 cm³/mol. The topological polar surface area (TPSA) is 62.2 Å². The first-order chi connectivity index (χ1) is 9.08.